The van der Waals surface area contributed by atoms with Gasteiger partial charge in [-0.15, -0.1) is 0 Å². The number of halogens is 26. The number of hydrogen-bond acceptors (Lipinski definition) is 4. The molecule has 32 heteroatoms. The van der Waals surface area contributed by atoms with Crippen molar-refractivity contribution in [3.05, 3.63) is 44.3 Å². The molecule has 0 saturated carbocycles. The summed E-state index contributed by atoms with van der Waals surface area (Å²) in [7, 11) is -15.5. The zero-order chi connectivity index (χ0) is 43.4. The molecule has 2 rings (SSSR count). The van der Waals surface area contributed by atoms with E-state index >= 15 is 8.78 Å². The highest BCUT2D eigenvalue weighted by Gasteiger charge is 2.83. The molecule has 0 aliphatic rings. The third-order valence-corrected chi connectivity index (χ3v) is 10.9. The Morgan fingerprint density at radius 3 is 1.09 bits per heavy atom. The largest absolute Gasteiger partial charge is 0.501 e. The van der Waals surface area contributed by atoms with Crippen molar-refractivity contribution in [3.8, 4) is 11.1 Å². The Balaban J connectivity index is 3.69. The van der Waals surface area contributed by atoms with Crippen LogP contribution in [0.2, 0.25) is 0 Å². The maximum atomic E-state index is 15.9. The minimum Gasteiger partial charge on any atom is -0.221 e. The van der Waals surface area contributed by atoms with Crippen LogP contribution in [-0.2, 0) is 31.0 Å². The fourth-order valence-electron chi connectivity index (χ4n) is 4.17. The standard InChI is InChI=1S/C22H4Br2F24O4S2/c23-8-1-5(13(25,17(31,32)33)15(27,28)19(37,38)39)2-10(54(51,52)22(46,47)48)12(8)11-7(3-6(4-9(11)24)53(49,50)21(43,44)45)14(26,18(34,35)36)16(29,30)20(40,41)42/h1-4H. The highest BCUT2D eigenvalue weighted by Crippen LogP contribution is 2.63. The Labute approximate surface area is 297 Å². The molecule has 4 nitrogen and oxygen atoms in total. The Morgan fingerprint density at radius 2 is 0.759 bits per heavy atom. The summed E-state index contributed by atoms with van der Waals surface area (Å²) >= 11 is 3.30. The third kappa shape index (κ3) is 6.98. The van der Waals surface area contributed by atoms with E-state index in [1.54, 1.807) is 31.9 Å². The van der Waals surface area contributed by atoms with E-state index in [0.717, 1.165) is 0 Å². The number of rotatable bonds is 7. The first-order valence-corrected chi connectivity index (χ1v) is 16.5. The average Bonchev–Trinajstić information content (AvgIpc) is 2.91. The smallest absolute Gasteiger partial charge is 0.221 e. The van der Waals surface area contributed by atoms with E-state index in [1.807, 2.05) is 0 Å². The molecule has 2 aromatic rings. The lowest BCUT2D eigenvalue weighted by Crippen LogP contribution is -2.60. The van der Waals surface area contributed by atoms with Gasteiger partial charge in [-0.2, -0.15) is 96.6 Å². The molecule has 0 N–H and O–H groups in total. The van der Waals surface area contributed by atoms with Gasteiger partial charge in [0.2, 0.25) is 0 Å². The molecule has 0 aliphatic carbocycles. The lowest BCUT2D eigenvalue weighted by Gasteiger charge is -2.38. The van der Waals surface area contributed by atoms with Crippen molar-refractivity contribution in [2.24, 2.45) is 0 Å². The normalized spacial score (nSPS) is 17.3. The Hall–Kier alpha value is -2.38. The number of alkyl halides is 24. The molecule has 0 saturated heterocycles. The van der Waals surface area contributed by atoms with Crippen LogP contribution in [0.4, 0.5) is 105 Å². The van der Waals surface area contributed by atoms with Crippen molar-refractivity contribution in [2.75, 3.05) is 0 Å². The summed E-state index contributed by atoms with van der Waals surface area (Å²) in [5, 5.41) is 0. The van der Waals surface area contributed by atoms with Gasteiger partial charge in [-0.3, -0.25) is 0 Å². The molecule has 54 heavy (non-hydrogen) atoms. The lowest BCUT2D eigenvalue weighted by molar-refractivity contribution is -0.389. The van der Waals surface area contributed by atoms with Gasteiger partial charge in [-0.1, -0.05) is 31.9 Å². The van der Waals surface area contributed by atoms with Crippen LogP contribution < -0.4 is 0 Å². The third-order valence-electron chi connectivity index (χ3n) is 6.70. The van der Waals surface area contributed by atoms with Gasteiger partial charge >= 0.3 is 58.9 Å². The summed E-state index contributed by atoms with van der Waals surface area (Å²) in [6.07, 6.45) is -31.4. The summed E-state index contributed by atoms with van der Waals surface area (Å²) in [5.74, 6) is -16.1. The highest BCUT2D eigenvalue weighted by atomic mass is 79.9. The van der Waals surface area contributed by atoms with Gasteiger partial charge in [0.15, 0.2) is 0 Å². The van der Waals surface area contributed by atoms with E-state index in [1.165, 1.54) is 0 Å². The SMILES string of the molecule is O=S(=O)(c1cc(Br)c(-c2c(Br)cc(C(F)(C(F)(F)F)C(F)(F)C(F)(F)F)cc2S(=O)(=O)C(F)(F)F)c(C(F)(C(F)(F)F)C(F)(F)C(F)(F)F)c1)C(F)(F)F. The predicted molar refractivity (Wildman–Crippen MR) is 133 cm³/mol. The maximum absolute atomic E-state index is 15.9. The molecular formula is C22H4Br2F24O4S2. The Bertz CT molecular complexity index is 2030. The topological polar surface area (TPSA) is 68.3 Å². The van der Waals surface area contributed by atoms with E-state index in [9.17, 15) is 113 Å². The summed E-state index contributed by atoms with van der Waals surface area (Å²) in [5.41, 5.74) is -43.0. The van der Waals surface area contributed by atoms with Crippen LogP contribution >= 0.6 is 31.9 Å². The average molecular weight is 1010 g/mol. The zero-order valence-electron chi connectivity index (χ0n) is 23.6. The molecule has 2 aromatic carbocycles. The van der Waals surface area contributed by atoms with Gasteiger partial charge in [0.05, 0.1) is 9.79 Å². The van der Waals surface area contributed by atoms with Crippen LogP contribution in [0.25, 0.3) is 11.1 Å². The first-order valence-electron chi connectivity index (χ1n) is 12.0. The van der Waals surface area contributed by atoms with Crippen LogP contribution in [0.15, 0.2) is 43.0 Å². The van der Waals surface area contributed by atoms with Crippen LogP contribution in [-0.4, -0.2) is 64.4 Å². The van der Waals surface area contributed by atoms with Gasteiger partial charge in [0, 0.05) is 31.2 Å². The molecule has 0 fully saturated rings. The molecule has 0 amide bonds. The molecule has 0 heterocycles. The van der Waals surface area contributed by atoms with Crippen molar-refractivity contribution in [1.29, 1.82) is 0 Å². The minimum atomic E-state index is -8.16. The number of hydrogen-bond donors (Lipinski definition) is 0. The van der Waals surface area contributed by atoms with Crippen LogP contribution in [0.3, 0.4) is 0 Å². The van der Waals surface area contributed by atoms with Gasteiger partial charge in [0.25, 0.3) is 19.7 Å². The zero-order valence-corrected chi connectivity index (χ0v) is 28.4. The van der Waals surface area contributed by atoms with E-state index in [-0.39, 0.29) is 0 Å². The molecular weight excluding hydrogens is 1010 g/mol. The van der Waals surface area contributed by atoms with Crippen molar-refractivity contribution in [2.45, 2.75) is 68.7 Å². The fourth-order valence-corrected chi connectivity index (χ4v) is 7.59. The van der Waals surface area contributed by atoms with E-state index in [2.05, 4.69) is 0 Å². The van der Waals surface area contributed by atoms with E-state index in [4.69, 9.17) is 0 Å². The van der Waals surface area contributed by atoms with Crippen LogP contribution in [0.5, 0.6) is 0 Å². The Kier molecular flexibility index (Phi) is 11.6. The van der Waals surface area contributed by atoms with E-state index in [0.29, 0.717) is 0 Å². The molecule has 0 aliphatic heterocycles. The fraction of sp³-hybridized carbons (Fsp3) is 0.455. The summed E-state index contributed by atoms with van der Waals surface area (Å²) in [4.78, 5) is -6.63. The van der Waals surface area contributed by atoms with Crippen molar-refractivity contribution in [1.82, 2.24) is 0 Å². The first kappa shape index (κ1) is 47.8. The predicted octanol–water partition coefficient (Wildman–Crippen LogP) is 11.3. The van der Waals surface area contributed by atoms with Crippen LogP contribution in [0.1, 0.15) is 11.1 Å². The Morgan fingerprint density at radius 1 is 0.407 bits per heavy atom. The summed E-state index contributed by atoms with van der Waals surface area (Å²) < 4.78 is 376. The lowest BCUT2D eigenvalue weighted by atomic mass is 9.81. The van der Waals surface area contributed by atoms with Crippen molar-refractivity contribution < 1.29 is 122 Å². The van der Waals surface area contributed by atoms with Crippen LogP contribution in [0, 0.1) is 0 Å². The van der Waals surface area contributed by atoms with Crippen molar-refractivity contribution in [3.63, 3.8) is 0 Å². The molecule has 0 radical (unpaired) electrons. The molecule has 0 bridgehead atoms. The van der Waals surface area contributed by atoms with Gasteiger partial charge in [0.1, 0.15) is 0 Å². The highest BCUT2D eigenvalue weighted by molar-refractivity contribution is 9.11. The maximum Gasteiger partial charge on any atom is 0.501 e. The second-order valence-corrected chi connectivity index (χ2v) is 15.6. The number of benzene rings is 2. The number of sulfone groups is 2. The monoisotopic (exact) mass is 1010 g/mol. The van der Waals surface area contributed by atoms with Gasteiger partial charge in [-0.05, 0) is 24.3 Å². The van der Waals surface area contributed by atoms with Crippen molar-refractivity contribution >= 4 is 51.5 Å². The second kappa shape index (κ2) is 13.1. The first-order chi connectivity index (χ1) is 23.2. The van der Waals surface area contributed by atoms with Gasteiger partial charge < -0.3 is 0 Å². The molecule has 0 aromatic heterocycles. The minimum absolute atomic E-state index is 0.901. The quantitative estimate of drug-likeness (QED) is 0.259. The molecule has 310 valence electrons. The van der Waals surface area contributed by atoms with Gasteiger partial charge in [-0.25, -0.2) is 25.6 Å². The van der Waals surface area contributed by atoms with E-state index < -0.39 is 144 Å². The summed E-state index contributed by atoms with van der Waals surface area (Å²) in [6.45, 7) is 0. The molecule has 2 unspecified atom stereocenters. The summed E-state index contributed by atoms with van der Waals surface area (Å²) in [6, 6.07) is -5.79. The second-order valence-electron chi connectivity index (χ2n) is 10.0. The molecule has 0 spiro atoms. The molecule has 2 atom stereocenters.